The molecule has 32 heavy (non-hydrogen) atoms. The molecule has 1 N–H and O–H groups in total. The number of fused-ring (bicyclic) bond motifs is 7. The van der Waals surface area contributed by atoms with Crippen molar-refractivity contribution in [3.05, 3.63) is 11.6 Å². The van der Waals surface area contributed by atoms with Gasteiger partial charge >= 0.3 is 0 Å². The number of hydrogen-bond acceptors (Lipinski definition) is 2. The van der Waals surface area contributed by atoms with Crippen molar-refractivity contribution in [2.45, 2.75) is 119 Å². The maximum atomic E-state index is 12.6. The Kier molecular flexibility index (Phi) is 4.87. The second-order valence-electron chi connectivity index (χ2n) is 14.9. The first-order chi connectivity index (χ1) is 14.8. The molecule has 4 fully saturated rings. The van der Waals surface area contributed by atoms with Crippen LogP contribution in [0.5, 0.6) is 0 Å². The molecule has 5 aliphatic carbocycles. The lowest BCUT2D eigenvalue weighted by atomic mass is 9.33. The van der Waals surface area contributed by atoms with E-state index in [2.05, 4.69) is 54.5 Å². The average molecular weight is 441 g/mol. The van der Waals surface area contributed by atoms with Gasteiger partial charge in [-0.15, -0.1) is 0 Å². The number of rotatable bonds is 1. The molecule has 2 heteroatoms. The number of aliphatic hydroxyl groups excluding tert-OH is 1. The highest BCUT2D eigenvalue weighted by atomic mass is 16.3. The first kappa shape index (κ1) is 23.1. The van der Waals surface area contributed by atoms with Gasteiger partial charge in [-0.3, -0.25) is 0 Å². The Labute approximate surface area is 197 Å². The summed E-state index contributed by atoms with van der Waals surface area (Å²) in [5, 5.41) is 10.9. The fourth-order valence-electron chi connectivity index (χ4n) is 10.5. The molecule has 0 aromatic rings. The van der Waals surface area contributed by atoms with Gasteiger partial charge in [-0.1, -0.05) is 60.1 Å². The van der Waals surface area contributed by atoms with Gasteiger partial charge in [-0.05, 0) is 109 Å². The van der Waals surface area contributed by atoms with Crippen molar-refractivity contribution in [3.63, 3.8) is 0 Å². The lowest BCUT2D eigenvalue weighted by Gasteiger charge is -2.71. The summed E-state index contributed by atoms with van der Waals surface area (Å²) >= 11 is 0. The van der Waals surface area contributed by atoms with Gasteiger partial charge in [0.1, 0.15) is 6.29 Å². The molecular weight excluding hydrogens is 392 g/mol. The van der Waals surface area contributed by atoms with E-state index < -0.39 is 0 Å². The Hall–Kier alpha value is -0.630. The number of hydrogen-bond donors (Lipinski definition) is 1. The van der Waals surface area contributed by atoms with Crippen LogP contribution in [0.25, 0.3) is 0 Å². The second-order valence-corrected chi connectivity index (χ2v) is 14.9. The van der Waals surface area contributed by atoms with Gasteiger partial charge in [0, 0.05) is 5.41 Å². The fourth-order valence-corrected chi connectivity index (χ4v) is 10.5. The van der Waals surface area contributed by atoms with E-state index in [1.807, 2.05) is 0 Å². The van der Waals surface area contributed by atoms with Gasteiger partial charge in [-0.25, -0.2) is 0 Å². The number of aldehydes is 1. The topological polar surface area (TPSA) is 37.3 Å². The Morgan fingerprint density at radius 3 is 2.25 bits per heavy atom. The fraction of sp³-hybridized carbons (Fsp3) is 0.900. The summed E-state index contributed by atoms with van der Waals surface area (Å²) in [6, 6.07) is 0. The minimum Gasteiger partial charge on any atom is -0.393 e. The molecule has 5 rings (SSSR count). The molecule has 0 aromatic carbocycles. The van der Waals surface area contributed by atoms with Gasteiger partial charge in [0.25, 0.3) is 0 Å². The lowest BCUT2D eigenvalue weighted by Crippen LogP contribution is -2.64. The van der Waals surface area contributed by atoms with Crippen LogP contribution in [-0.4, -0.2) is 17.5 Å². The van der Waals surface area contributed by atoms with E-state index in [9.17, 15) is 9.90 Å². The zero-order chi connectivity index (χ0) is 23.4. The molecule has 2 nitrogen and oxygen atoms in total. The molecule has 0 radical (unpaired) electrons. The third-order valence-corrected chi connectivity index (χ3v) is 12.9. The second kappa shape index (κ2) is 6.73. The number of carbonyl (C=O) groups is 1. The summed E-state index contributed by atoms with van der Waals surface area (Å²) in [4.78, 5) is 12.6. The van der Waals surface area contributed by atoms with E-state index in [1.165, 1.54) is 44.8 Å². The van der Waals surface area contributed by atoms with Crippen LogP contribution < -0.4 is 0 Å². The standard InChI is InChI=1S/C30H48O2/c1-25(2)14-16-30(19-31)17-15-28(6)20(21(30)18-25)8-9-23-27(5)12-11-24(32)26(3,4)22(27)10-13-29(23,28)7/h8,19,21-24,32H,9-18H2,1-7H3/t21-,22?,23?,24+,27-,28?,29+,30-/m1/s1. The Balaban J connectivity index is 1.59. The molecule has 0 saturated heterocycles. The van der Waals surface area contributed by atoms with E-state index in [0.29, 0.717) is 28.6 Å². The van der Waals surface area contributed by atoms with Crippen molar-refractivity contribution in [1.29, 1.82) is 0 Å². The predicted molar refractivity (Wildman–Crippen MR) is 131 cm³/mol. The van der Waals surface area contributed by atoms with Crippen molar-refractivity contribution in [2.24, 2.45) is 50.2 Å². The Morgan fingerprint density at radius 2 is 1.56 bits per heavy atom. The highest BCUT2D eigenvalue weighted by Crippen LogP contribution is 2.75. The summed E-state index contributed by atoms with van der Waals surface area (Å²) in [7, 11) is 0. The summed E-state index contributed by atoms with van der Waals surface area (Å²) in [5.74, 6) is 1.71. The van der Waals surface area contributed by atoms with E-state index in [4.69, 9.17) is 0 Å². The highest BCUT2D eigenvalue weighted by Gasteiger charge is 2.68. The molecule has 3 unspecified atom stereocenters. The van der Waals surface area contributed by atoms with Gasteiger partial charge in [0.2, 0.25) is 0 Å². The summed E-state index contributed by atoms with van der Waals surface area (Å²) in [5.41, 5.74) is 2.69. The highest BCUT2D eigenvalue weighted by molar-refractivity contribution is 5.63. The maximum absolute atomic E-state index is 12.6. The van der Waals surface area contributed by atoms with Crippen LogP contribution in [0.1, 0.15) is 113 Å². The van der Waals surface area contributed by atoms with Crippen molar-refractivity contribution >= 4 is 6.29 Å². The molecule has 0 aromatic heterocycles. The van der Waals surface area contributed by atoms with Gasteiger partial charge < -0.3 is 9.90 Å². The molecule has 5 aliphatic rings. The van der Waals surface area contributed by atoms with Crippen LogP contribution in [-0.2, 0) is 4.79 Å². The zero-order valence-corrected chi connectivity index (χ0v) is 21.9. The van der Waals surface area contributed by atoms with Crippen molar-refractivity contribution in [3.8, 4) is 0 Å². The summed E-state index contributed by atoms with van der Waals surface area (Å²) in [6.45, 7) is 17.3. The number of aliphatic hydroxyl groups is 1. The van der Waals surface area contributed by atoms with Gasteiger partial charge in [0.05, 0.1) is 6.10 Å². The lowest BCUT2D eigenvalue weighted by molar-refractivity contribution is -0.202. The molecule has 0 spiro atoms. The minimum atomic E-state index is -0.164. The molecule has 180 valence electrons. The molecule has 0 bridgehead atoms. The molecule has 4 saturated carbocycles. The molecule has 8 atom stereocenters. The van der Waals surface area contributed by atoms with Crippen molar-refractivity contribution in [2.75, 3.05) is 0 Å². The maximum Gasteiger partial charge on any atom is 0.126 e. The van der Waals surface area contributed by atoms with Crippen LogP contribution in [0.3, 0.4) is 0 Å². The summed E-state index contributed by atoms with van der Waals surface area (Å²) in [6.07, 6.45) is 15.4. The Bertz CT molecular complexity index is 838. The zero-order valence-electron chi connectivity index (χ0n) is 21.9. The van der Waals surface area contributed by atoms with E-state index in [-0.39, 0.29) is 27.8 Å². The molecule has 0 aliphatic heterocycles. The number of allylic oxidation sites excluding steroid dienone is 2. The van der Waals surface area contributed by atoms with E-state index in [0.717, 1.165) is 25.7 Å². The van der Waals surface area contributed by atoms with E-state index in [1.54, 1.807) is 5.57 Å². The largest absolute Gasteiger partial charge is 0.393 e. The monoisotopic (exact) mass is 440 g/mol. The first-order valence-electron chi connectivity index (χ1n) is 13.6. The molecule has 0 heterocycles. The number of carbonyl (C=O) groups excluding carboxylic acids is 1. The van der Waals surface area contributed by atoms with Crippen molar-refractivity contribution in [1.82, 2.24) is 0 Å². The van der Waals surface area contributed by atoms with Crippen LogP contribution >= 0.6 is 0 Å². The molecular formula is C30H48O2. The van der Waals surface area contributed by atoms with E-state index >= 15 is 0 Å². The first-order valence-corrected chi connectivity index (χ1v) is 13.6. The van der Waals surface area contributed by atoms with Gasteiger partial charge in [0.15, 0.2) is 0 Å². The predicted octanol–water partition coefficient (Wildman–Crippen LogP) is 7.35. The summed E-state index contributed by atoms with van der Waals surface area (Å²) < 4.78 is 0. The van der Waals surface area contributed by atoms with Crippen molar-refractivity contribution < 1.29 is 9.90 Å². The Morgan fingerprint density at radius 1 is 0.875 bits per heavy atom. The third-order valence-electron chi connectivity index (χ3n) is 12.9. The average Bonchev–Trinajstić information content (AvgIpc) is 2.71. The smallest absolute Gasteiger partial charge is 0.126 e. The minimum absolute atomic E-state index is 0.00581. The van der Waals surface area contributed by atoms with Crippen LogP contribution in [0.15, 0.2) is 11.6 Å². The van der Waals surface area contributed by atoms with Crippen LogP contribution in [0, 0.1) is 50.2 Å². The quantitative estimate of drug-likeness (QED) is 0.342. The SMILES string of the molecule is CC1(C)CC[C@]2(C=O)CCC3(C)C(=CCC4[C@]5(C)CC[C@H](O)C(C)(C)C5CC[C@@]43C)[C@H]2C1. The third kappa shape index (κ3) is 2.71. The van der Waals surface area contributed by atoms with Crippen LogP contribution in [0.4, 0.5) is 0 Å². The molecule has 0 amide bonds. The van der Waals surface area contributed by atoms with Gasteiger partial charge in [-0.2, -0.15) is 0 Å². The normalized spacial score (nSPS) is 53.7. The van der Waals surface area contributed by atoms with Crippen LogP contribution in [0.2, 0.25) is 0 Å².